The Hall–Kier alpha value is -3.58. The number of hydrogen-bond donors (Lipinski definition) is 2. The van der Waals surface area contributed by atoms with Gasteiger partial charge in [-0.3, -0.25) is 10.1 Å². The minimum Gasteiger partial charge on any atom is -0.493 e. The molecule has 7 heteroatoms. The molecule has 0 heterocycles. The molecule has 0 fully saturated rings. The lowest BCUT2D eigenvalue weighted by molar-refractivity contribution is 0.0973. The lowest BCUT2D eigenvalue weighted by atomic mass is 10.2. The molecule has 0 saturated heterocycles. The van der Waals surface area contributed by atoms with Crippen LogP contribution >= 0.6 is 12.2 Å². The van der Waals surface area contributed by atoms with E-state index < -0.39 is 0 Å². The molecule has 2 N–H and O–H groups in total. The van der Waals surface area contributed by atoms with Crippen molar-refractivity contribution in [1.82, 2.24) is 5.32 Å². The van der Waals surface area contributed by atoms with E-state index in [1.807, 2.05) is 67.6 Å². The van der Waals surface area contributed by atoms with E-state index in [9.17, 15) is 4.79 Å². The number of carbonyl (C=O) groups excluding carboxylic acids is 1. The van der Waals surface area contributed by atoms with Crippen molar-refractivity contribution in [3.8, 4) is 17.2 Å². The molecule has 3 aromatic carbocycles. The third-order valence-electron chi connectivity index (χ3n) is 4.30. The molecule has 0 aromatic heterocycles. The normalized spacial score (nSPS) is 10.2. The molecular formula is C25H26N2O4S. The number of hydrogen-bond acceptors (Lipinski definition) is 5. The fourth-order valence-electron chi connectivity index (χ4n) is 2.80. The van der Waals surface area contributed by atoms with Gasteiger partial charge < -0.3 is 19.5 Å². The zero-order valence-corrected chi connectivity index (χ0v) is 18.7. The molecule has 0 aliphatic rings. The second-order valence-corrected chi connectivity index (χ2v) is 7.20. The monoisotopic (exact) mass is 450 g/mol. The molecule has 1 amide bonds. The quantitative estimate of drug-likeness (QED) is 0.332. The smallest absolute Gasteiger partial charge is 0.261 e. The molecule has 3 aromatic rings. The summed E-state index contributed by atoms with van der Waals surface area (Å²) in [6.45, 7) is 3.43. The Bertz CT molecular complexity index is 1010. The number of rotatable bonds is 10. The summed E-state index contributed by atoms with van der Waals surface area (Å²) < 4.78 is 16.9. The van der Waals surface area contributed by atoms with Gasteiger partial charge in [0.25, 0.3) is 5.91 Å². The van der Waals surface area contributed by atoms with Crippen LogP contribution in [0.2, 0.25) is 0 Å². The molecule has 0 unspecified atom stereocenters. The number of carbonyl (C=O) groups is 1. The maximum atomic E-state index is 12.6. The molecule has 0 spiro atoms. The second-order valence-electron chi connectivity index (χ2n) is 6.79. The predicted molar refractivity (Wildman–Crippen MR) is 130 cm³/mol. The highest BCUT2D eigenvalue weighted by atomic mass is 32.1. The highest BCUT2D eigenvalue weighted by molar-refractivity contribution is 7.80. The molecule has 0 atom stereocenters. The van der Waals surface area contributed by atoms with Crippen molar-refractivity contribution >= 4 is 28.9 Å². The van der Waals surface area contributed by atoms with Gasteiger partial charge in [0.05, 0.1) is 12.2 Å². The zero-order chi connectivity index (χ0) is 22.6. The van der Waals surface area contributed by atoms with Gasteiger partial charge in [0.1, 0.15) is 30.5 Å². The Morgan fingerprint density at radius 2 is 1.41 bits per heavy atom. The third kappa shape index (κ3) is 7.28. The van der Waals surface area contributed by atoms with Gasteiger partial charge in [0.2, 0.25) is 0 Å². The van der Waals surface area contributed by atoms with Gasteiger partial charge in [-0.25, -0.2) is 0 Å². The fraction of sp³-hybridized carbons (Fsp3) is 0.200. The molecule has 0 radical (unpaired) electrons. The van der Waals surface area contributed by atoms with Crippen molar-refractivity contribution in [2.24, 2.45) is 0 Å². The molecule has 6 nitrogen and oxygen atoms in total. The van der Waals surface area contributed by atoms with Crippen LogP contribution in [0.3, 0.4) is 0 Å². The maximum Gasteiger partial charge on any atom is 0.261 e. The van der Waals surface area contributed by atoms with E-state index >= 15 is 0 Å². The first-order chi connectivity index (χ1) is 15.7. The van der Waals surface area contributed by atoms with Crippen LogP contribution in [0.4, 0.5) is 5.69 Å². The lowest BCUT2D eigenvalue weighted by Crippen LogP contribution is -2.34. The van der Waals surface area contributed by atoms with Crippen molar-refractivity contribution in [1.29, 1.82) is 0 Å². The SMILES string of the molecule is CCCOc1ccccc1C(=O)NC(=S)Nc1ccc(OCCOc2ccccc2)cc1. The van der Waals surface area contributed by atoms with Crippen LogP contribution < -0.4 is 24.8 Å². The third-order valence-corrected chi connectivity index (χ3v) is 4.50. The van der Waals surface area contributed by atoms with E-state index in [0.29, 0.717) is 36.9 Å². The average molecular weight is 451 g/mol. The second kappa shape index (κ2) is 12.3. The van der Waals surface area contributed by atoms with Gasteiger partial charge in [-0.1, -0.05) is 37.3 Å². The van der Waals surface area contributed by atoms with Gasteiger partial charge in [-0.05, 0) is 67.2 Å². The van der Waals surface area contributed by atoms with E-state index in [-0.39, 0.29) is 11.0 Å². The average Bonchev–Trinajstić information content (AvgIpc) is 2.82. The fourth-order valence-corrected chi connectivity index (χ4v) is 3.01. The first-order valence-corrected chi connectivity index (χ1v) is 10.8. The summed E-state index contributed by atoms with van der Waals surface area (Å²) in [7, 11) is 0. The van der Waals surface area contributed by atoms with Crippen LogP contribution in [-0.4, -0.2) is 30.8 Å². The Morgan fingerprint density at radius 3 is 2.09 bits per heavy atom. The predicted octanol–water partition coefficient (Wildman–Crippen LogP) is 5.06. The van der Waals surface area contributed by atoms with Crippen LogP contribution in [-0.2, 0) is 0 Å². The maximum absolute atomic E-state index is 12.6. The Balaban J connectivity index is 1.45. The molecule has 0 saturated carbocycles. The molecular weight excluding hydrogens is 424 g/mol. The van der Waals surface area contributed by atoms with Crippen molar-refractivity contribution < 1.29 is 19.0 Å². The highest BCUT2D eigenvalue weighted by Crippen LogP contribution is 2.19. The number of amides is 1. The molecule has 32 heavy (non-hydrogen) atoms. The van der Waals surface area contributed by atoms with E-state index in [0.717, 1.165) is 17.9 Å². The van der Waals surface area contributed by atoms with E-state index in [2.05, 4.69) is 10.6 Å². The van der Waals surface area contributed by atoms with E-state index in [1.165, 1.54) is 0 Å². The molecule has 0 aliphatic heterocycles. The summed E-state index contributed by atoms with van der Waals surface area (Å²) in [6, 6.07) is 24.0. The van der Waals surface area contributed by atoms with E-state index in [1.54, 1.807) is 18.2 Å². The zero-order valence-electron chi connectivity index (χ0n) is 17.9. The number of benzene rings is 3. The standard InChI is InChI=1S/C25H26N2O4S/c1-2-16-31-23-11-7-6-10-22(23)24(28)27-25(32)26-19-12-14-21(15-13-19)30-18-17-29-20-8-4-3-5-9-20/h3-15H,2,16-18H2,1H3,(H2,26,27,28,32). The summed E-state index contributed by atoms with van der Waals surface area (Å²) in [5.74, 6) is 1.73. The van der Waals surface area contributed by atoms with Gasteiger partial charge in [-0.2, -0.15) is 0 Å². The molecule has 3 rings (SSSR count). The highest BCUT2D eigenvalue weighted by Gasteiger charge is 2.13. The number of nitrogens with one attached hydrogen (secondary N) is 2. The summed E-state index contributed by atoms with van der Waals surface area (Å²) in [5, 5.41) is 5.89. The minimum absolute atomic E-state index is 0.199. The first kappa shape index (κ1) is 23.1. The Kier molecular flexibility index (Phi) is 8.89. The number of thiocarbonyl (C=S) groups is 1. The molecule has 0 aliphatic carbocycles. The van der Waals surface area contributed by atoms with Crippen molar-refractivity contribution in [3.05, 3.63) is 84.4 Å². The van der Waals surface area contributed by atoms with Gasteiger partial charge >= 0.3 is 0 Å². The molecule has 0 bridgehead atoms. The van der Waals surface area contributed by atoms with Gasteiger partial charge in [0.15, 0.2) is 5.11 Å². The van der Waals surface area contributed by atoms with Crippen molar-refractivity contribution in [3.63, 3.8) is 0 Å². The largest absolute Gasteiger partial charge is 0.493 e. The summed E-state index contributed by atoms with van der Waals surface area (Å²) in [4.78, 5) is 12.6. The molecule has 166 valence electrons. The number of ether oxygens (including phenoxy) is 3. The van der Waals surface area contributed by atoms with Crippen LogP contribution in [0.15, 0.2) is 78.9 Å². The summed E-state index contributed by atoms with van der Waals surface area (Å²) >= 11 is 5.28. The van der Waals surface area contributed by atoms with Crippen LogP contribution in [0, 0.1) is 0 Å². The van der Waals surface area contributed by atoms with E-state index in [4.69, 9.17) is 26.4 Å². The van der Waals surface area contributed by atoms with Crippen molar-refractivity contribution in [2.75, 3.05) is 25.1 Å². The summed E-state index contributed by atoms with van der Waals surface area (Å²) in [6.07, 6.45) is 0.857. The topological polar surface area (TPSA) is 68.8 Å². The lowest BCUT2D eigenvalue weighted by Gasteiger charge is -2.13. The van der Waals surface area contributed by atoms with Crippen molar-refractivity contribution in [2.45, 2.75) is 13.3 Å². The van der Waals surface area contributed by atoms with Gasteiger partial charge in [0, 0.05) is 5.69 Å². The van der Waals surface area contributed by atoms with Gasteiger partial charge in [-0.15, -0.1) is 0 Å². The first-order valence-electron chi connectivity index (χ1n) is 10.4. The minimum atomic E-state index is -0.326. The number of anilines is 1. The van der Waals surface area contributed by atoms with Crippen LogP contribution in [0.5, 0.6) is 17.2 Å². The van der Waals surface area contributed by atoms with Crippen LogP contribution in [0.1, 0.15) is 23.7 Å². The van der Waals surface area contributed by atoms with Crippen LogP contribution in [0.25, 0.3) is 0 Å². The Labute approximate surface area is 193 Å². The summed E-state index contributed by atoms with van der Waals surface area (Å²) in [5.41, 5.74) is 1.17. The Morgan fingerprint density at radius 1 is 0.781 bits per heavy atom. The number of para-hydroxylation sites is 2.